The Morgan fingerprint density at radius 3 is 3.00 bits per heavy atom. The van der Waals surface area contributed by atoms with Gasteiger partial charge in [-0.1, -0.05) is 18.3 Å². The first-order valence-corrected chi connectivity index (χ1v) is 4.20. The van der Waals surface area contributed by atoms with E-state index in [0.717, 1.165) is 0 Å². The second-order valence-corrected chi connectivity index (χ2v) is 3.57. The molecule has 1 aromatic heterocycles. The van der Waals surface area contributed by atoms with E-state index in [2.05, 4.69) is 10.2 Å². The van der Waals surface area contributed by atoms with Crippen LogP contribution in [0.5, 0.6) is 0 Å². The molecule has 0 bridgehead atoms. The maximum atomic E-state index is 9.22. The summed E-state index contributed by atoms with van der Waals surface area (Å²) in [4.78, 5) is 0. The van der Waals surface area contributed by atoms with Gasteiger partial charge in [-0.3, -0.25) is 5.10 Å². The molecular formula is C5H8N2OS2. The van der Waals surface area contributed by atoms with Crippen LogP contribution in [0.4, 0.5) is 0 Å². The highest BCUT2D eigenvalue weighted by molar-refractivity contribution is 7.73. The van der Waals surface area contributed by atoms with Crippen molar-refractivity contribution in [3.05, 3.63) is 8.96 Å². The topological polar surface area (TPSA) is 48.9 Å². The molecule has 1 atom stereocenters. The molecule has 10 heavy (non-hydrogen) atoms. The summed E-state index contributed by atoms with van der Waals surface area (Å²) in [5.41, 5.74) is 0. The van der Waals surface area contributed by atoms with Gasteiger partial charge >= 0.3 is 0 Å². The summed E-state index contributed by atoms with van der Waals surface area (Å²) in [6, 6.07) is 0. The monoisotopic (exact) mass is 176 g/mol. The van der Waals surface area contributed by atoms with Crippen molar-refractivity contribution in [1.82, 2.24) is 10.2 Å². The molecule has 2 N–H and O–H groups in total. The highest BCUT2D eigenvalue weighted by atomic mass is 32.1. The highest BCUT2D eigenvalue weighted by Gasteiger charge is 2.07. The van der Waals surface area contributed by atoms with Gasteiger partial charge in [0.2, 0.25) is 0 Å². The van der Waals surface area contributed by atoms with Crippen LogP contribution >= 0.6 is 23.6 Å². The molecule has 0 aliphatic heterocycles. The SMILES string of the molecule is CCC(O)c1n[nH]c(=S)s1. The molecule has 0 aromatic carbocycles. The fraction of sp³-hybridized carbons (Fsp3) is 0.600. The van der Waals surface area contributed by atoms with Gasteiger partial charge in [0.1, 0.15) is 11.1 Å². The lowest BCUT2D eigenvalue weighted by atomic mass is 10.3. The Morgan fingerprint density at radius 1 is 1.90 bits per heavy atom. The Balaban J connectivity index is 2.84. The van der Waals surface area contributed by atoms with Gasteiger partial charge in [-0.2, -0.15) is 5.10 Å². The average Bonchev–Trinajstić information content (AvgIpc) is 2.34. The number of aromatic nitrogens is 2. The molecule has 1 heterocycles. The number of H-pyrrole nitrogens is 1. The molecule has 5 heteroatoms. The van der Waals surface area contributed by atoms with Crippen molar-refractivity contribution in [2.24, 2.45) is 0 Å². The Bertz CT molecular complexity index is 254. The average molecular weight is 176 g/mol. The summed E-state index contributed by atoms with van der Waals surface area (Å²) < 4.78 is 0.613. The van der Waals surface area contributed by atoms with Crippen molar-refractivity contribution < 1.29 is 5.11 Å². The number of aliphatic hydroxyl groups is 1. The fourth-order valence-corrected chi connectivity index (χ4v) is 1.54. The minimum atomic E-state index is -0.460. The summed E-state index contributed by atoms with van der Waals surface area (Å²) in [6.07, 6.45) is 0.216. The molecule has 3 nitrogen and oxygen atoms in total. The number of rotatable bonds is 2. The maximum absolute atomic E-state index is 9.22. The van der Waals surface area contributed by atoms with Crippen LogP contribution in [0, 0.1) is 3.95 Å². The smallest absolute Gasteiger partial charge is 0.176 e. The Labute approximate surface area is 67.7 Å². The van der Waals surface area contributed by atoms with Crippen molar-refractivity contribution in [3.63, 3.8) is 0 Å². The minimum Gasteiger partial charge on any atom is -0.386 e. The number of hydrogen-bond donors (Lipinski definition) is 2. The van der Waals surface area contributed by atoms with Gasteiger partial charge in [0.05, 0.1) is 0 Å². The van der Waals surface area contributed by atoms with Gasteiger partial charge in [-0.25, -0.2) is 0 Å². The molecule has 1 rings (SSSR count). The number of aliphatic hydroxyl groups excluding tert-OH is 1. The van der Waals surface area contributed by atoms with Crippen LogP contribution < -0.4 is 0 Å². The molecule has 56 valence electrons. The van der Waals surface area contributed by atoms with Crippen molar-refractivity contribution in [2.45, 2.75) is 19.4 Å². The summed E-state index contributed by atoms with van der Waals surface area (Å²) >= 11 is 6.11. The third-order valence-corrected chi connectivity index (χ3v) is 2.32. The molecule has 0 saturated carbocycles. The molecule has 1 unspecified atom stereocenters. The Morgan fingerprint density at radius 2 is 2.60 bits per heavy atom. The molecule has 1 aromatic rings. The minimum absolute atomic E-state index is 0.460. The summed E-state index contributed by atoms with van der Waals surface area (Å²) in [5.74, 6) is 0. The molecular weight excluding hydrogens is 168 g/mol. The number of aromatic amines is 1. The second kappa shape index (κ2) is 3.23. The first kappa shape index (κ1) is 7.84. The van der Waals surface area contributed by atoms with Crippen molar-refractivity contribution in [3.8, 4) is 0 Å². The highest BCUT2D eigenvalue weighted by Crippen LogP contribution is 2.17. The van der Waals surface area contributed by atoms with Gasteiger partial charge in [0, 0.05) is 0 Å². The lowest BCUT2D eigenvalue weighted by Gasteiger charge is -1.98. The zero-order valence-electron chi connectivity index (χ0n) is 5.50. The molecule has 0 saturated heterocycles. The summed E-state index contributed by atoms with van der Waals surface area (Å²) in [6.45, 7) is 1.90. The third-order valence-electron chi connectivity index (χ3n) is 1.13. The van der Waals surface area contributed by atoms with Crippen molar-refractivity contribution in [2.75, 3.05) is 0 Å². The van der Waals surface area contributed by atoms with Gasteiger partial charge in [-0.05, 0) is 18.6 Å². The van der Waals surface area contributed by atoms with Crippen LogP contribution in [0.15, 0.2) is 0 Å². The first-order valence-electron chi connectivity index (χ1n) is 2.97. The van der Waals surface area contributed by atoms with E-state index in [1.165, 1.54) is 11.3 Å². The van der Waals surface area contributed by atoms with Gasteiger partial charge in [0.15, 0.2) is 3.95 Å². The van der Waals surface area contributed by atoms with E-state index in [1.54, 1.807) is 0 Å². The predicted molar refractivity (Wildman–Crippen MR) is 42.5 cm³/mol. The fourth-order valence-electron chi connectivity index (χ4n) is 0.559. The molecule has 0 aliphatic carbocycles. The molecule has 0 aliphatic rings. The Kier molecular flexibility index (Phi) is 2.53. The third kappa shape index (κ3) is 1.62. The van der Waals surface area contributed by atoms with Crippen LogP contribution in [-0.4, -0.2) is 15.3 Å². The zero-order valence-corrected chi connectivity index (χ0v) is 7.13. The summed E-state index contributed by atoms with van der Waals surface area (Å²) in [5, 5.41) is 16.3. The van der Waals surface area contributed by atoms with Crippen LogP contribution in [-0.2, 0) is 0 Å². The Hall–Kier alpha value is -0.260. The summed E-state index contributed by atoms with van der Waals surface area (Å²) in [7, 11) is 0. The van der Waals surface area contributed by atoms with E-state index in [-0.39, 0.29) is 0 Å². The lowest BCUT2D eigenvalue weighted by molar-refractivity contribution is 0.172. The van der Waals surface area contributed by atoms with Crippen LogP contribution in [0.25, 0.3) is 0 Å². The van der Waals surface area contributed by atoms with E-state index < -0.39 is 6.10 Å². The zero-order chi connectivity index (χ0) is 7.56. The predicted octanol–water partition coefficient (Wildman–Crippen LogP) is 1.64. The number of nitrogens with one attached hydrogen (secondary N) is 1. The maximum Gasteiger partial charge on any atom is 0.176 e. The second-order valence-electron chi connectivity index (χ2n) is 1.88. The molecule has 0 radical (unpaired) electrons. The van der Waals surface area contributed by atoms with Crippen LogP contribution in [0.3, 0.4) is 0 Å². The molecule has 0 amide bonds. The largest absolute Gasteiger partial charge is 0.386 e. The van der Waals surface area contributed by atoms with Crippen molar-refractivity contribution in [1.29, 1.82) is 0 Å². The number of nitrogens with zero attached hydrogens (tertiary/aromatic N) is 1. The first-order chi connectivity index (χ1) is 4.74. The van der Waals surface area contributed by atoms with Gasteiger partial charge < -0.3 is 5.11 Å². The van der Waals surface area contributed by atoms with Gasteiger partial charge in [-0.15, -0.1) is 0 Å². The number of hydrogen-bond acceptors (Lipinski definition) is 4. The van der Waals surface area contributed by atoms with Crippen LogP contribution in [0.2, 0.25) is 0 Å². The van der Waals surface area contributed by atoms with E-state index >= 15 is 0 Å². The quantitative estimate of drug-likeness (QED) is 0.673. The van der Waals surface area contributed by atoms with E-state index in [4.69, 9.17) is 12.2 Å². The molecule has 0 fully saturated rings. The standard InChI is InChI=1S/C5H8N2OS2/c1-2-3(8)4-6-7-5(9)10-4/h3,8H,2H2,1H3,(H,7,9). The normalized spacial score (nSPS) is 13.4. The molecule has 0 spiro atoms. The van der Waals surface area contributed by atoms with E-state index in [9.17, 15) is 5.11 Å². The van der Waals surface area contributed by atoms with Gasteiger partial charge in [0.25, 0.3) is 0 Å². The van der Waals surface area contributed by atoms with E-state index in [1.807, 2.05) is 6.92 Å². The lowest BCUT2D eigenvalue weighted by Crippen LogP contribution is -1.93. The van der Waals surface area contributed by atoms with E-state index in [0.29, 0.717) is 15.4 Å². The van der Waals surface area contributed by atoms with Crippen molar-refractivity contribution >= 4 is 23.6 Å². The van der Waals surface area contributed by atoms with Crippen LogP contribution in [0.1, 0.15) is 24.5 Å².